The molecule has 0 saturated heterocycles. The lowest BCUT2D eigenvalue weighted by atomic mass is 9.47. The number of rotatable bonds is 9. The molecule has 0 unspecified atom stereocenters. The molecule has 8 nitrogen and oxygen atoms in total. The van der Waals surface area contributed by atoms with Gasteiger partial charge < -0.3 is 4.74 Å². The van der Waals surface area contributed by atoms with Crippen molar-refractivity contribution in [2.24, 2.45) is 46.3 Å². The van der Waals surface area contributed by atoms with E-state index in [-0.39, 0.29) is 17.1 Å². The summed E-state index contributed by atoms with van der Waals surface area (Å²) in [6.07, 6.45) is 14.9. The van der Waals surface area contributed by atoms with E-state index in [1.807, 2.05) is 0 Å². The van der Waals surface area contributed by atoms with Gasteiger partial charge in [-0.2, -0.15) is 0 Å². The number of benzene rings is 1. The van der Waals surface area contributed by atoms with Crippen LogP contribution in [0.25, 0.3) is 0 Å². The van der Waals surface area contributed by atoms with Crippen LogP contribution in [0.4, 0.5) is 11.4 Å². The molecule has 1 aromatic carbocycles. The van der Waals surface area contributed by atoms with E-state index < -0.39 is 27.2 Å². The van der Waals surface area contributed by atoms with Crippen molar-refractivity contribution >= 4 is 17.3 Å². The highest BCUT2D eigenvalue weighted by Gasteiger charge is 2.59. The number of non-ortho nitro benzene ring substituents is 2. The molecule has 42 heavy (non-hydrogen) atoms. The molecule has 3 saturated carbocycles. The molecule has 0 bridgehead atoms. The van der Waals surface area contributed by atoms with Crippen LogP contribution in [-0.4, -0.2) is 21.9 Å². The molecule has 0 aromatic heterocycles. The molecule has 0 aliphatic heterocycles. The number of hydrogen-bond donors (Lipinski definition) is 0. The average molecular weight is 581 g/mol. The number of allylic oxidation sites excluding steroid dienone is 1. The molecular weight excluding hydrogens is 532 g/mol. The van der Waals surface area contributed by atoms with Gasteiger partial charge in [-0.15, -0.1) is 0 Å². The first-order valence-corrected chi connectivity index (χ1v) is 16.2. The molecule has 0 heterocycles. The Morgan fingerprint density at radius 1 is 0.952 bits per heavy atom. The number of hydrogen-bond acceptors (Lipinski definition) is 6. The van der Waals surface area contributed by atoms with Crippen LogP contribution in [0.15, 0.2) is 29.8 Å². The zero-order valence-electron chi connectivity index (χ0n) is 26.0. The molecule has 230 valence electrons. The molecular formula is C34H48N2O6. The van der Waals surface area contributed by atoms with Crippen molar-refractivity contribution in [3.05, 3.63) is 55.6 Å². The number of fused-ring (bicyclic) bond motifs is 5. The van der Waals surface area contributed by atoms with E-state index in [1.54, 1.807) is 0 Å². The lowest BCUT2D eigenvalue weighted by molar-refractivity contribution is -0.394. The predicted molar refractivity (Wildman–Crippen MR) is 162 cm³/mol. The number of esters is 1. The molecule has 5 rings (SSSR count). The second-order valence-electron chi connectivity index (χ2n) is 14.8. The first-order chi connectivity index (χ1) is 19.8. The first kappa shape index (κ1) is 30.7. The summed E-state index contributed by atoms with van der Waals surface area (Å²) in [5, 5.41) is 22.6. The molecule has 0 spiro atoms. The Morgan fingerprint density at radius 3 is 2.29 bits per heavy atom. The summed E-state index contributed by atoms with van der Waals surface area (Å²) < 4.78 is 5.82. The number of nitro groups is 2. The van der Waals surface area contributed by atoms with Gasteiger partial charge in [0.1, 0.15) is 6.10 Å². The van der Waals surface area contributed by atoms with Crippen LogP contribution in [-0.2, 0) is 4.74 Å². The third-order valence-corrected chi connectivity index (χ3v) is 12.1. The predicted octanol–water partition coefficient (Wildman–Crippen LogP) is 9.07. The largest absolute Gasteiger partial charge is 0.458 e. The van der Waals surface area contributed by atoms with Crippen LogP contribution in [0.3, 0.4) is 0 Å². The Hall–Kier alpha value is -2.77. The zero-order valence-corrected chi connectivity index (χ0v) is 26.0. The zero-order chi connectivity index (χ0) is 30.4. The van der Waals surface area contributed by atoms with Crippen molar-refractivity contribution < 1.29 is 19.4 Å². The molecule has 0 N–H and O–H groups in total. The molecule has 8 atom stereocenters. The van der Waals surface area contributed by atoms with E-state index in [0.717, 1.165) is 67.1 Å². The van der Waals surface area contributed by atoms with Gasteiger partial charge in [-0.1, -0.05) is 65.5 Å². The Labute approximate surface area is 250 Å². The second kappa shape index (κ2) is 11.7. The Balaban J connectivity index is 1.27. The van der Waals surface area contributed by atoms with Crippen LogP contribution in [0.5, 0.6) is 0 Å². The third kappa shape index (κ3) is 5.62. The van der Waals surface area contributed by atoms with Crippen molar-refractivity contribution in [3.8, 4) is 0 Å². The minimum absolute atomic E-state index is 0.110. The van der Waals surface area contributed by atoms with Crippen LogP contribution in [0, 0.1) is 66.6 Å². The van der Waals surface area contributed by atoms with Gasteiger partial charge in [0.05, 0.1) is 21.5 Å². The molecule has 1 aromatic rings. The van der Waals surface area contributed by atoms with Crippen molar-refractivity contribution in [1.82, 2.24) is 0 Å². The SMILES string of the molecule is CC(C)CCC[C@@H](C)[C@@H]1CC[C@@H]2[C@H]3CC=C4C[C@@H](OC(=O)c5cc([N+](=O)[O-])cc([N+](=O)[O-])c5)CC[C@]4(C)[C@@H]3CC[C@]21C. The quantitative estimate of drug-likeness (QED) is 0.125. The topological polar surface area (TPSA) is 113 Å². The van der Waals surface area contributed by atoms with Crippen LogP contribution in [0.2, 0.25) is 0 Å². The molecule has 0 amide bonds. The Morgan fingerprint density at radius 2 is 1.64 bits per heavy atom. The van der Waals surface area contributed by atoms with E-state index in [1.165, 1.54) is 50.5 Å². The fraction of sp³-hybridized carbons (Fsp3) is 0.735. The van der Waals surface area contributed by atoms with E-state index in [0.29, 0.717) is 17.8 Å². The highest BCUT2D eigenvalue weighted by atomic mass is 16.6. The summed E-state index contributed by atoms with van der Waals surface area (Å²) in [5.74, 6) is 3.81. The van der Waals surface area contributed by atoms with Crippen LogP contribution >= 0.6 is 0 Å². The highest BCUT2D eigenvalue weighted by molar-refractivity contribution is 5.91. The normalized spacial score (nSPS) is 34.5. The smallest absolute Gasteiger partial charge is 0.338 e. The van der Waals surface area contributed by atoms with Gasteiger partial charge in [0.15, 0.2) is 0 Å². The van der Waals surface area contributed by atoms with E-state index in [4.69, 9.17) is 4.74 Å². The fourth-order valence-corrected chi connectivity index (χ4v) is 9.90. The molecule has 4 aliphatic carbocycles. The Kier molecular flexibility index (Phi) is 8.56. The van der Waals surface area contributed by atoms with Gasteiger partial charge in [-0.25, -0.2) is 4.79 Å². The average Bonchev–Trinajstić information content (AvgIpc) is 3.30. The summed E-state index contributed by atoms with van der Waals surface area (Å²) >= 11 is 0. The molecule has 8 heteroatoms. The minimum atomic E-state index is -0.738. The number of carbonyl (C=O) groups excluding carboxylic acids is 1. The molecule has 0 radical (unpaired) electrons. The number of ether oxygens (including phenoxy) is 1. The summed E-state index contributed by atoms with van der Waals surface area (Å²) in [5.41, 5.74) is 0.806. The highest BCUT2D eigenvalue weighted by Crippen LogP contribution is 2.67. The minimum Gasteiger partial charge on any atom is -0.458 e. The molecule has 3 fully saturated rings. The maximum atomic E-state index is 13.0. The maximum Gasteiger partial charge on any atom is 0.338 e. The van der Waals surface area contributed by atoms with Crippen molar-refractivity contribution in [2.45, 2.75) is 111 Å². The van der Waals surface area contributed by atoms with Crippen LogP contribution < -0.4 is 0 Å². The first-order valence-electron chi connectivity index (χ1n) is 16.2. The van der Waals surface area contributed by atoms with Crippen LogP contribution in [0.1, 0.15) is 116 Å². The number of carbonyl (C=O) groups is 1. The summed E-state index contributed by atoms with van der Waals surface area (Å²) in [7, 11) is 0. The van der Waals surface area contributed by atoms with Gasteiger partial charge in [0, 0.05) is 18.6 Å². The van der Waals surface area contributed by atoms with Crippen molar-refractivity contribution in [3.63, 3.8) is 0 Å². The van der Waals surface area contributed by atoms with Gasteiger partial charge in [0.2, 0.25) is 0 Å². The lowest BCUT2D eigenvalue weighted by Crippen LogP contribution is -2.51. The van der Waals surface area contributed by atoms with E-state index in [2.05, 4.69) is 40.7 Å². The standard InChI is InChI=1S/C34H48N2O6/c1-21(2)7-6-8-22(3)29-11-12-30-28-10-9-24-19-27(13-15-33(24,4)31(28)14-16-34(29,30)5)42-32(37)23-17-25(35(38)39)20-26(18-23)36(40)41/h9,17-18,20-22,27-31H,6-8,10-16,19H2,1-5H3/t22-,27+,28-,29+,30-,31-,33+,34+/m1/s1. The van der Waals surface area contributed by atoms with Gasteiger partial charge in [-0.3, -0.25) is 20.2 Å². The third-order valence-electron chi connectivity index (χ3n) is 12.1. The Bertz CT molecular complexity index is 1230. The van der Waals surface area contributed by atoms with Crippen molar-refractivity contribution in [1.29, 1.82) is 0 Å². The fourth-order valence-electron chi connectivity index (χ4n) is 9.90. The van der Waals surface area contributed by atoms with E-state index in [9.17, 15) is 25.0 Å². The van der Waals surface area contributed by atoms with Gasteiger partial charge in [0.25, 0.3) is 11.4 Å². The second-order valence-corrected chi connectivity index (χ2v) is 14.8. The molecule has 4 aliphatic rings. The summed E-state index contributed by atoms with van der Waals surface area (Å²) in [6.45, 7) is 12.2. The van der Waals surface area contributed by atoms with E-state index >= 15 is 0 Å². The van der Waals surface area contributed by atoms with Gasteiger partial charge >= 0.3 is 5.97 Å². The monoisotopic (exact) mass is 580 g/mol. The summed E-state index contributed by atoms with van der Waals surface area (Å²) in [4.78, 5) is 34.1. The van der Waals surface area contributed by atoms with Gasteiger partial charge in [-0.05, 0) is 91.3 Å². The lowest BCUT2D eigenvalue weighted by Gasteiger charge is -2.58. The maximum absolute atomic E-state index is 13.0. The number of nitrogens with zero attached hydrogens (tertiary/aromatic N) is 2. The number of nitro benzene ring substituents is 2. The van der Waals surface area contributed by atoms with Crippen molar-refractivity contribution in [2.75, 3.05) is 0 Å². The summed E-state index contributed by atoms with van der Waals surface area (Å²) in [6, 6.07) is 2.99.